The highest BCUT2D eigenvalue weighted by molar-refractivity contribution is 14.1. The zero-order valence-electron chi connectivity index (χ0n) is 15.5. The van der Waals surface area contributed by atoms with E-state index in [1.165, 1.54) is 35.6 Å². The van der Waals surface area contributed by atoms with Gasteiger partial charge in [-0.15, -0.1) is 11.3 Å². The number of nitrogens with one attached hydrogen (secondary N) is 1. The number of benzene rings is 2. The number of anilines is 1. The number of fused-ring (bicyclic) bond motifs is 1. The average Bonchev–Trinajstić information content (AvgIpc) is 3.24. The van der Waals surface area contributed by atoms with E-state index in [1.807, 2.05) is 24.3 Å². The highest BCUT2D eigenvalue weighted by Crippen LogP contribution is 2.28. The van der Waals surface area contributed by atoms with Crippen molar-refractivity contribution in [3.05, 3.63) is 89.2 Å². The lowest BCUT2D eigenvalue weighted by Gasteiger charge is -2.01. The molecule has 10 heteroatoms. The number of thiazole rings is 1. The van der Waals surface area contributed by atoms with E-state index < -0.39 is 10.5 Å². The Kier molecular flexibility index (Phi) is 5.79. The average molecular weight is 542 g/mol. The van der Waals surface area contributed by atoms with Crippen molar-refractivity contribution in [2.45, 2.75) is 0 Å². The van der Waals surface area contributed by atoms with Crippen molar-refractivity contribution in [2.75, 3.05) is 5.32 Å². The van der Waals surface area contributed by atoms with Gasteiger partial charge in [-0.1, -0.05) is 0 Å². The minimum atomic E-state index is -0.613. The second-order valence-corrected chi connectivity index (χ2v) is 8.39. The van der Waals surface area contributed by atoms with Gasteiger partial charge in [0.2, 0.25) is 0 Å². The molecule has 0 radical (unpaired) electrons. The molecule has 0 saturated carbocycles. The van der Waals surface area contributed by atoms with E-state index in [2.05, 4.69) is 39.0 Å². The van der Waals surface area contributed by atoms with Crippen LogP contribution in [0.1, 0.15) is 5.01 Å². The molecule has 0 bridgehead atoms. The number of hydrogen-bond donors (Lipinski definition) is 1. The molecule has 8 nitrogen and oxygen atoms in total. The molecule has 2 aromatic heterocycles. The summed E-state index contributed by atoms with van der Waals surface area (Å²) < 4.78 is 6.38. The molecular weight excluding hydrogens is 531 g/mol. The number of nitro groups is 1. The molecule has 31 heavy (non-hydrogen) atoms. The molecule has 1 N–H and O–H groups in total. The molecule has 0 aliphatic carbocycles. The maximum Gasteiger partial charge on any atom is 0.345 e. The highest BCUT2D eigenvalue weighted by Gasteiger charge is 2.15. The van der Waals surface area contributed by atoms with Crippen LogP contribution in [0, 0.1) is 25.0 Å². The molecule has 2 aromatic carbocycles. The molecule has 2 heterocycles. The largest absolute Gasteiger partial charge is 0.422 e. The topological polar surface area (TPSA) is 122 Å². The Balaban J connectivity index is 1.67. The summed E-state index contributed by atoms with van der Waals surface area (Å²) in [5, 5.41) is 26.1. The Bertz CT molecular complexity index is 1430. The van der Waals surface area contributed by atoms with Crippen LogP contribution >= 0.6 is 33.9 Å². The first-order chi connectivity index (χ1) is 14.9. The van der Waals surface area contributed by atoms with Gasteiger partial charge >= 0.3 is 5.63 Å². The summed E-state index contributed by atoms with van der Waals surface area (Å²) in [4.78, 5) is 27.3. The van der Waals surface area contributed by atoms with E-state index in [0.717, 1.165) is 9.26 Å². The number of nitro benzene ring substituents is 1. The van der Waals surface area contributed by atoms with Gasteiger partial charge in [-0.2, -0.15) is 5.26 Å². The van der Waals surface area contributed by atoms with Gasteiger partial charge in [-0.25, -0.2) is 9.78 Å². The van der Waals surface area contributed by atoms with Gasteiger partial charge < -0.3 is 9.73 Å². The third-order valence-corrected chi connectivity index (χ3v) is 5.88. The zero-order valence-corrected chi connectivity index (χ0v) is 18.5. The van der Waals surface area contributed by atoms with Crippen LogP contribution in [0.5, 0.6) is 0 Å². The minimum absolute atomic E-state index is 0.109. The standard InChI is InChI=1S/C21H11IN4O4S/c22-14-1-3-15(4-2-14)24-10-13(9-23)20-25-18(11-31-20)17-8-12-7-16(26(28)29)5-6-19(12)30-21(17)27/h1-8,10-11,24H/b13-10+. The van der Waals surface area contributed by atoms with Gasteiger partial charge in [-0.05, 0) is 59.0 Å². The summed E-state index contributed by atoms with van der Waals surface area (Å²) in [6.45, 7) is 0. The van der Waals surface area contributed by atoms with Crippen LogP contribution in [0.2, 0.25) is 0 Å². The van der Waals surface area contributed by atoms with E-state index in [4.69, 9.17) is 4.42 Å². The number of nitriles is 1. The fourth-order valence-corrected chi connectivity index (χ4v) is 3.91. The number of halogens is 1. The highest BCUT2D eigenvalue weighted by atomic mass is 127. The number of nitrogens with zero attached hydrogens (tertiary/aromatic N) is 3. The van der Waals surface area contributed by atoms with Crippen molar-refractivity contribution in [1.82, 2.24) is 4.98 Å². The van der Waals surface area contributed by atoms with E-state index in [-0.39, 0.29) is 16.8 Å². The number of rotatable bonds is 5. The Morgan fingerprint density at radius 1 is 1.26 bits per heavy atom. The van der Waals surface area contributed by atoms with Gasteiger partial charge in [-0.3, -0.25) is 10.1 Å². The summed E-state index contributed by atoms with van der Waals surface area (Å²) in [6.07, 6.45) is 1.55. The van der Waals surface area contributed by atoms with E-state index in [9.17, 15) is 20.2 Å². The van der Waals surface area contributed by atoms with Gasteiger partial charge in [0, 0.05) is 38.4 Å². The summed E-state index contributed by atoms with van der Waals surface area (Å²) in [5.41, 5.74) is 1.14. The van der Waals surface area contributed by atoms with Crippen molar-refractivity contribution in [2.24, 2.45) is 0 Å². The summed E-state index contributed by atoms with van der Waals surface area (Å²) in [5.74, 6) is 0. The SMILES string of the molecule is N#C/C(=C\Nc1ccc(I)cc1)c1nc(-c2cc3cc([N+](=O)[O-])ccc3oc2=O)cs1. The van der Waals surface area contributed by atoms with Crippen LogP contribution in [0.25, 0.3) is 27.8 Å². The molecule has 152 valence electrons. The van der Waals surface area contributed by atoms with E-state index >= 15 is 0 Å². The molecule has 0 fully saturated rings. The molecule has 0 saturated heterocycles. The van der Waals surface area contributed by atoms with Crippen molar-refractivity contribution in [3.63, 3.8) is 0 Å². The Labute approximate surface area is 192 Å². The molecular formula is C21H11IN4O4S. The van der Waals surface area contributed by atoms with Crippen LogP contribution < -0.4 is 10.9 Å². The maximum atomic E-state index is 12.4. The Morgan fingerprint density at radius 2 is 2.03 bits per heavy atom. The van der Waals surface area contributed by atoms with Gasteiger partial charge in [0.15, 0.2) is 0 Å². The van der Waals surface area contributed by atoms with Crippen LogP contribution in [-0.2, 0) is 0 Å². The normalized spacial score (nSPS) is 11.3. The number of allylic oxidation sites excluding steroid dienone is 1. The molecule has 0 spiro atoms. The third kappa shape index (κ3) is 4.47. The lowest BCUT2D eigenvalue weighted by atomic mass is 10.1. The second kappa shape index (κ2) is 8.66. The minimum Gasteiger partial charge on any atom is -0.422 e. The summed E-state index contributed by atoms with van der Waals surface area (Å²) in [6, 6.07) is 15.3. The van der Waals surface area contributed by atoms with Gasteiger partial charge in [0.25, 0.3) is 5.69 Å². The van der Waals surface area contributed by atoms with Crippen LogP contribution in [0.3, 0.4) is 0 Å². The van der Waals surface area contributed by atoms with Crippen LogP contribution in [-0.4, -0.2) is 9.91 Å². The first kappa shape index (κ1) is 20.7. The van der Waals surface area contributed by atoms with Gasteiger partial charge in [0.05, 0.1) is 16.2 Å². The fourth-order valence-electron chi connectivity index (χ4n) is 2.77. The van der Waals surface area contributed by atoms with Gasteiger partial charge in [0.1, 0.15) is 22.2 Å². The van der Waals surface area contributed by atoms with Crippen molar-refractivity contribution < 1.29 is 9.34 Å². The predicted octanol–water partition coefficient (Wildman–Crippen LogP) is 5.41. The first-order valence-electron chi connectivity index (χ1n) is 8.75. The van der Waals surface area contributed by atoms with Crippen molar-refractivity contribution >= 4 is 61.8 Å². The molecule has 0 amide bonds. The molecule has 0 aliphatic heterocycles. The predicted molar refractivity (Wildman–Crippen MR) is 127 cm³/mol. The Hall–Kier alpha value is -3.56. The monoisotopic (exact) mass is 542 g/mol. The molecule has 0 unspecified atom stereocenters. The molecule has 0 aliphatic rings. The molecule has 4 aromatic rings. The van der Waals surface area contributed by atoms with Crippen LogP contribution in [0.4, 0.5) is 11.4 Å². The number of non-ortho nitro benzene ring substituents is 1. The lowest BCUT2D eigenvalue weighted by Crippen LogP contribution is -2.03. The Morgan fingerprint density at radius 3 is 2.74 bits per heavy atom. The quantitative estimate of drug-likeness (QED) is 0.118. The van der Waals surface area contributed by atoms with E-state index in [0.29, 0.717) is 21.7 Å². The molecule has 0 atom stereocenters. The lowest BCUT2D eigenvalue weighted by molar-refractivity contribution is -0.384. The fraction of sp³-hybridized carbons (Fsp3) is 0. The maximum absolute atomic E-state index is 12.4. The summed E-state index contributed by atoms with van der Waals surface area (Å²) >= 11 is 3.41. The van der Waals surface area contributed by atoms with Crippen molar-refractivity contribution in [3.8, 4) is 17.3 Å². The second-order valence-electron chi connectivity index (χ2n) is 6.29. The first-order valence-corrected chi connectivity index (χ1v) is 10.7. The summed E-state index contributed by atoms with van der Waals surface area (Å²) in [7, 11) is 0. The van der Waals surface area contributed by atoms with Crippen molar-refractivity contribution in [1.29, 1.82) is 5.26 Å². The number of hydrogen-bond acceptors (Lipinski definition) is 8. The molecule has 4 rings (SSSR count). The number of aromatic nitrogens is 1. The smallest absolute Gasteiger partial charge is 0.345 e. The zero-order chi connectivity index (χ0) is 22.0. The third-order valence-electron chi connectivity index (χ3n) is 4.28. The van der Waals surface area contributed by atoms with Crippen LogP contribution in [0.15, 0.2) is 69.3 Å². The van der Waals surface area contributed by atoms with E-state index in [1.54, 1.807) is 11.6 Å².